The standard InChI is InChI=1S/C16H18F3N5O2S/c1-10(27-15-22-20-9-23(15)2)11-4-3-5-12(6-11)21-14(25)24-7-13(8-24)26-16(17,18)19/h3-6,9-10,13H,7-8H2,1-2H3,(H,21,25)/t10-/m0/s1. The number of halogens is 3. The Bertz CT molecular complexity index is 807. The van der Waals surface area contributed by atoms with Crippen molar-refractivity contribution in [3.05, 3.63) is 36.2 Å². The number of hydrogen-bond acceptors (Lipinski definition) is 5. The summed E-state index contributed by atoms with van der Waals surface area (Å²) >= 11 is 1.53. The van der Waals surface area contributed by atoms with Crippen LogP contribution in [0.25, 0.3) is 0 Å². The van der Waals surface area contributed by atoms with Crippen LogP contribution in [0.15, 0.2) is 35.7 Å². The molecule has 1 aromatic carbocycles. The molecule has 3 rings (SSSR count). The number of urea groups is 1. The topological polar surface area (TPSA) is 72.3 Å². The lowest BCUT2D eigenvalue weighted by atomic mass is 10.1. The summed E-state index contributed by atoms with van der Waals surface area (Å²) in [6, 6.07) is 6.84. The molecular weight excluding hydrogens is 383 g/mol. The summed E-state index contributed by atoms with van der Waals surface area (Å²) < 4.78 is 42.1. The Morgan fingerprint density at radius 2 is 2.15 bits per heavy atom. The van der Waals surface area contributed by atoms with E-state index in [2.05, 4.69) is 20.3 Å². The molecule has 0 spiro atoms. The fraction of sp³-hybridized carbons (Fsp3) is 0.438. The SMILES string of the molecule is C[C@H](Sc1nncn1C)c1cccc(NC(=O)N2CC(OC(F)(F)F)C2)c1. The van der Waals surface area contributed by atoms with E-state index in [0.29, 0.717) is 5.69 Å². The predicted molar refractivity (Wildman–Crippen MR) is 93.2 cm³/mol. The quantitative estimate of drug-likeness (QED) is 0.778. The highest BCUT2D eigenvalue weighted by atomic mass is 32.2. The summed E-state index contributed by atoms with van der Waals surface area (Å²) in [4.78, 5) is 13.4. The van der Waals surface area contributed by atoms with Gasteiger partial charge >= 0.3 is 12.4 Å². The van der Waals surface area contributed by atoms with Gasteiger partial charge in [-0.3, -0.25) is 4.74 Å². The highest BCUT2D eigenvalue weighted by molar-refractivity contribution is 7.99. The third-order valence-electron chi connectivity index (χ3n) is 3.99. The van der Waals surface area contributed by atoms with Gasteiger partial charge in [0.1, 0.15) is 12.4 Å². The second kappa shape index (κ2) is 7.77. The van der Waals surface area contributed by atoms with Gasteiger partial charge in [0, 0.05) is 18.0 Å². The van der Waals surface area contributed by atoms with E-state index in [1.807, 2.05) is 36.7 Å². The molecule has 0 radical (unpaired) electrons. The van der Waals surface area contributed by atoms with E-state index >= 15 is 0 Å². The molecule has 27 heavy (non-hydrogen) atoms. The summed E-state index contributed by atoms with van der Waals surface area (Å²) in [5.41, 5.74) is 1.55. The summed E-state index contributed by atoms with van der Waals surface area (Å²) in [7, 11) is 1.86. The number of ether oxygens (including phenoxy) is 1. The first-order chi connectivity index (χ1) is 12.7. The largest absolute Gasteiger partial charge is 0.522 e. The van der Waals surface area contributed by atoms with Crippen molar-refractivity contribution in [3.63, 3.8) is 0 Å². The fourth-order valence-electron chi connectivity index (χ4n) is 2.54. The smallest absolute Gasteiger partial charge is 0.319 e. The van der Waals surface area contributed by atoms with E-state index in [1.54, 1.807) is 12.4 Å². The Hall–Kier alpha value is -2.27. The minimum atomic E-state index is -4.68. The van der Waals surface area contributed by atoms with E-state index in [0.717, 1.165) is 10.7 Å². The minimum absolute atomic E-state index is 0.0679. The number of hydrogen-bond donors (Lipinski definition) is 1. The average molecular weight is 401 g/mol. The summed E-state index contributed by atoms with van der Waals surface area (Å²) in [6.45, 7) is 1.82. The van der Waals surface area contributed by atoms with Crippen molar-refractivity contribution in [1.82, 2.24) is 19.7 Å². The maximum absolute atomic E-state index is 12.1. The zero-order valence-electron chi connectivity index (χ0n) is 14.6. The zero-order chi connectivity index (χ0) is 19.6. The number of aryl methyl sites for hydroxylation is 1. The Labute approximate surface area is 157 Å². The molecule has 1 saturated heterocycles. The molecule has 2 aromatic rings. The molecule has 0 unspecified atom stereocenters. The van der Waals surface area contributed by atoms with Crippen LogP contribution >= 0.6 is 11.8 Å². The van der Waals surface area contributed by atoms with Crippen LogP contribution in [-0.4, -0.2) is 51.3 Å². The van der Waals surface area contributed by atoms with Crippen LogP contribution in [0.4, 0.5) is 23.7 Å². The lowest BCUT2D eigenvalue weighted by molar-refractivity contribution is -0.352. The molecule has 2 heterocycles. The predicted octanol–water partition coefficient (Wildman–Crippen LogP) is 3.42. The van der Waals surface area contributed by atoms with E-state index in [4.69, 9.17) is 0 Å². The average Bonchev–Trinajstić information content (AvgIpc) is 2.94. The molecule has 0 saturated carbocycles. The first kappa shape index (κ1) is 19.5. The first-order valence-electron chi connectivity index (χ1n) is 8.12. The van der Waals surface area contributed by atoms with Crippen LogP contribution in [0.1, 0.15) is 17.7 Å². The summed E-state index contributed by atoms with van der Waals surface area (Å²) in [6.07, 6.45) is -4.07. The molecule has 1 aliphatic heterocycles. The number of aromatic nitrogens is 3. The Kier molecular flexibility index (Phi) is 5.61. The number of amides is 2. The third-order valence-corrected chi connectivity index (χ3v) is 5.20. The van der Waals surface area contributed by atoms with E-state index in [-0.39, 0.29) is 18.3 Å². The highest BCUT2D eigenvalue weighted by Gasteiger charge is 2.40. The molecule has 2 amide bonds. The van der Waals surface area contributed by atoms with E-state index in [9.17, 15) is 18.0 Å². The van der Waals surface area contributed by atoms with Crippen LogP contribution in [-0.2, 0) is 11.8 Å². The molecular formula is C16H18F3N5O2S. The molecule has 0 bridgehead atoms. The van der Waals surface area contributed by atoms with Gasteiger partial charge in [0.15, 0.2) is 5.16 Å². The van der Waals surface area contributed by atoms with Crippen molar-refractivity contribution >= 4 is 23.5 Å². The highest BCUT2D eigenvalue weighted by Crippen LogP contribution is 2.34. The van der Waals surface area contributed by atoms with Crippen LogP contribution in [0.5, 0.6) is 0 Å². The van der Waals surface area contributed by atoms with Crippen LogP contribution in [0.2, 0.25) is 0 Å². The normalized spacial score (nSPS) is 16.1. The molecule has 1 atom stereocenters. The Morgan fingerprint density at radius 1 is 1.41 bits per heavy atom. The van der Waals surface area contributed by atoms with Gasteiger partial charge in [0.05, 0.1) is 13.1 Å². The summed E-state index contributed by atoms with van der Waals surface area (Å²) in [5.74, 6) is 0. The molecule has 7 nitrogen and oxygen atoms in total. The van der Waals surface area contributed by atoms with Crippen molar-refractivity contribution < 1.29 is 22.7 Å². The number of nitrogens with zero attached hydrogens (tertiary/aromatic N) is 4. The van der Waals surface area contributed by atoms with E-state index in [1.165, 1.54) is 16.7 Å². The second-order valence-corrected chi connectivity index (χ2v) is 7.44. The van der Waals surface area contributed by atoms with Crippen LogP contribution in [0, 0.1) is 0 Å². The number of benzene rings is 1. The second-order valence-electron chi connectivity index (χ2n) is 6.13. The molecule has 1 N–H and O–H groups in total. The van der Waals surface area contributed by atoms with Gasteiger partial charge in [0.25, 0.3) is 0 Å². The van der Waals surface area contributed by atoms with E-state index < -0.39 is 18.5 Å². The van der Waals surface area contributed by atoms with Gasteiger partial charge in [0.2, 0.25) is 0 Å². The number of carbonyl (C=O) groups excluding carboxylic acids is 1. The van der Waals surface area contributed by atoms with Crippen molar-refractivity contribution in [3.8, 4) is 0 Å². The maximum atomic E-state index is 12.1. The van der Waals surface area contributed by atoms with Gasteiger partial charge in [-0.2, -0.15) is 0 Å². The molecule has 1 fully saturated rings. The lowest BCUT2D eigenvalue weighted by Gasteiger charge is -2.38. The Morgan fingerprint density at radius 3 is 2.78 bits per heavy atom. The van der Waals surface area contributed by atoms with Gasteiger partial charge in [-0.05, 0) is 24.6 Å². The number of nitrogens with one attached hydrogen (secondary N) is 1. The van der Waals surface area contributed by atoms with Crippen molar-refractivity contribution in [2.24, 2.45) is 7.05 Å². The Balaban J connectivity index is 1.55. The van der Waals surface area contributed by atoms with Gasteiger partial charge < -0.3 is 14.8 Å². The minimum Gasteiger partial charge on any atom is -0.319 e. The number of rotatable bonds is 5. The van der Waals surface area contributed by atoms with Crippen molar-refractivity contribution in [1.29, 1.82) is 0 Å². The van der Waals surface area contributed by atoms with Crippen molar-refractivity contribution in [2.75, 3.05) is 18.4 Å². The first-order valence-corrected chi connectivity index (χ1v) is 9.00. The maximum Gasteiger partial charge on any atom is 0.522 e. The fourth-order valence-corrected chi connectivity index (χ4v) is 3.45. The number of anilines is 1. The number of alkyl halides is 3. The molecule has 11 heteroatoms. The van der Waals surface area contributed by atoms with Gasteiger partial charge in [-0.15, -0.1) is 23.4 Å². The monoisotopic (exact) mass is 401 g/mol. The number of carbonyl (C=O) groups is 1. The van der Waals surface area contributed by atoms with Gasteiger partial charge in [-0.1, -0.05) is 23.9 Å². The summed E-state index contributed by atoms with van der Waals surface area (Å²) in [5, 5.41) is 11.4. The third kappa shape index (κ3) is 5.13. The van der Waals surface area contributed by atoms with Crippen LogP contribution < -0.4 is 5.32 Å². The zero-order valence-corrected chi connectivity index (χ0v) is 15.4. The molecule has 0 aliphatic carbocycles. The van der Waals surface area contributed by atoms with Gasteiger partial charge in [-0.25, -0.2) is 4.79 Å². The molecule has 146 valence electrons. The number of likely N-dealkylation sites (tertiary alicyclic amines) is 1. The molecule has 1 aliphatic rings. The van der Waals surface area contributed by atoms with Crippen molar-refractivity contribution in [2.45, 2.75) is 29.8 Å². The van der Waals surface area contributed by atoms with Crippen LogP contribution in [0.3, 0.4) is 0 Å². The number of thioether (sulfide) groups is 1. The lowest BCUT2D eigenvalue weighted by Crippen LogP contribution is -2.57. The molecule has 1 aromatic heterocycles.